The number of nitrogens with two attached hydrogens (primary N) is 1. The summed E-state index contributed by atoms with van der Waals surface area (Å²) in [6.45, 7) is 3.86. The minimum atomic E-state index is 0.107. The molecule has 0 bridgehead atoms. The van der Waals surface area contributed by atoms with Crippen LogP contribution in [0.3, 0.4) is 0 Å². The van der Waals surface area contributed by atoms with E-state index in [1.54, 1.807) is 0 Å². The van der Waals surface area contributed by atoms with Crippen molar-refractivity contribution in [2.45, 2.75) is 44.6 Å². The van der Waals surface area contributed by atoms with Gasteiger partial charge < -0.3 is 10.3 Å². The predicted octanol–water partition coefficient (Wildman–Crippen LogP) is 2.22. The van der Waals surface area contributed by atoms with Crippen LogP contribution in [-0.2, 0) is 12.0 Å². The SMILES string of the molecule is CCCn1c(C2(CN)CCC2)nc2cccnc21. The number of hydrogen-bond acceptors (Lipinski definition) is 3. The fourth-order valence-electron chi connectivity index (χ4n) is 2.92. The van der Waals surface area contributed by atoms with Crippen molar-refractivity contribution in [1.29, 1.82) is 0 Å². The first-order valence-corrected chi connectivity index (χ1v) is 6.82. The van der Waals surface area contributed by atoms with Crippen molar-refractivity contribution in [1.82, 2.24) is 14.5 Å². The molecular formula is C14H20N4. The Labute approximate surface area is 107 Å². The summed E-state index contributed by atoms with van der Waals surface area (Å²) in [5, 5.41) is 0. The standard InChI is InChI=1S/C14H20N4/c1-2-9-18-12-11(5-3-8-16-12)17-13(18)14(10-15)6-4-7-14/h3,5,8H,2,4,6-7,9-10,15H2,1H3. The Morgan fingerprint density at radius 1 is 1.44 bits per heavy atom. The highest BCUT2D eigenvalue weighted by Gasteiger charge is 2.41. The summed E-state index contributed by atoms with van der Waals surface area (Å²) in [5.41, 5.74) is 8.13. The second-order valence-corrected chi connectivity index (χ2v) is 5.27. The Hall–Kier alpha value is -1.42. The third-order valence-electron chi connectivity index (χ3n) is 4.13. The number of imidazole rings is 1. The van der Waals surface area contributed by atoms with Gasteiger partial charge in [-0.05, 0) is 31.4 Å². The maximum Gasteiger partial charge on any atom is 0.159 e. The molecule has 1 saturated carbocycles. The van der Waals surface area contributed by atoms with Crippen molar-refractivity contribution in [3.8, 4) is 0 Å². The van der Waals surface area contributed by atoms with Gasteiger partial charge >= 0.3 is 0 Å². The summed E-state index contributed by atoms with van der Waals surface area (Å²) in [4.78, 5) is 9.30. The van der Waals surface area contributed by atoms with Gasteiger partial charge in [0, 0.05) is 24.7 Å². The van der Waals surface area contributed by atoms with E-state index in [2.05, 4.69) is 16.5 Å². The molecular weight excluding hydrogens is 224 g/mol. The normalized spacial score (nSPS) is 17.9. The molecule has 0 unspecified atom stereocenters. The first-order chi connectivity index (χ1) is 8.80. The van der Waals surface area contributed by atoms with Crippen LogP contribution in [0.25, 0.3) is 11.2 Å². The summed E-state index contributed by atoms with van der Waals surface area (Å²) in [6.07, 6.45) is 6.53. The van der Waals surface area contributed by atoms with E-state index in [1.165, 1.54) is 6.42 Å². The van der Waals surface area contributed by atoms with Crippen molar-refractivity contribution >= 4 is 11.2 Å². The van der Waals surface area contributed by atoms with E-state index in [-0.39, 0.29) is 5.41 Å². The van der Waals surface area contributed by atoms with E-state index in [1.807, 2.05) is 18.3 Å². The van der Waals surface area contributed by atoms with Crippen LogP contribution in [0, 0.1) is 0 Å². The van der Waals surface area contributed by atoms with Crippen molar-refractivity contribution in [3.63, 3.8) is 0 Å². The Kier molecular flexibility index (Phi) is 2.82. The van der Waals surface area contributed by atoms with Gasteiger partial charge in [0.2, 0.25) is 0 Å². The highest BCUT2D eigenvalue weighted by atomic mass is 15.1. The summed E-state index contributed by atoms with van der Waals surface area (Å²) in [5.74, 6) is 1.16. The second kappa shape index (κ2) is 4.35. The maximum atomic E-state index is 6.01. The lowest BCUT2D eigenvalue weighted by atomic mass is 9.68. The lowest BCUT2D eigenvalue weighted by molar-refractivity contribution is 0.230. The van der Waals surface area contributed by atoms with Crippen LogP contribution in [0.5, 0.6) is 0 Å². The smallest absolute Gasteiger partial charge is 0.159 e. The van der Waals surface area contributed by atoms with E-state index >= 15 is 0 Å². The average Bonchev–Trinajstić information content (AvgIpc) is 2.69. The number of hydrogen-bond donors (Lipinski definition) is 1. The monoisotopic (exact) mass is 244 g/mol. The van der Waals surface area contributed by atoms with Gasteiger partial charge in [-0.1, -0.05) is 13.3 Å². The summed E-state index contributed by atoms with van der Waals surface area (Å²) in [7, 11) is 0. The first kappa shape index (κ1) is 11.7. The molecule has 0 spiro atoms. The Morgan fingerprint density at radius 3 is 2.89 bits per heavy atom. The van der Waals surface area contributed by atoms with Crippen LogP contribution in [0.2, 0.25) is 0 Å². The lowest BCUT2D eigenvalue weighted by Gasteiger charge is -2.40. The van der Waals surface area contributed by atoms with Crippen molar-refractivity contribution in [2.24, 2.45) is 5.73 Å². The van der Waals surface area contributed by atoms with Crippen molar-refractivity contribution in [3.05, 3.63) is 24.2 Å². The molecule has 3 rings (SSSR count). The molecule has 4 nitrogen and oxygen atoms in total. The third-order valence-corrected chi connectivity index (χ3v) is 4.13. The van der Waals surface area contributed by atoms with Gasteiger partial charge in [0.1, 0.15) is 11.3 Å². The number of nitrogens with zero attached hydrogens (tertiary/aromatic N) is 3. The van der Waals surface area contributed by atoms with Crippen molar-refractivity contribution in [2.75, 3.05) is 6.54 Å². The van der Waals surface area contributed by atoms with Gasteiger partial charge in [-0.15, -0.1) is 0 Å². The van der Waals surface area contributed by atoms with Crippen LogP contribution < -0.4 is 5.73 Å². The van der Waals surface area contributed by atoms with E-state index in [9.17, 15) is 0 Å². The number of rotatable bonds is 4. The molecule has 1 fully saturated rings. The van der Waals surface area contributed by atoms with Crippen LogP contribution in [-0.4, -0.2) is 21.1 Å². The molecule has 96 valence electrons. The van der Waals surface area contributed by atoms with Gasteiger partial charge in [-0.2, -0.15) is 0 Å². The summed E-state index contributed by atoms with van der Waals surface area (Å²) < 4.78 is 2.28. The molecule has 0 saturated heterocycles. The highest BCUT2D eigenvalue weighted by molar-refractivity contribution is 5.71. The van der Waals surface area contributed by atoms with E-state index in [4.69, 9.17) is 10.7 Å². The van der Waals surface area contributed by atoms with Crippen LogP contribution in [0.15, 0.2) is 18.3 Å². The molecule has 18 heavy (non-hydrogen) atoms. The number of aromatic nitrogens is 3. The zero-order valence-electron chi connectivity index (χ0n) is 10.9. The minimum absolute atomic E-state index is 0.107. The molecule has 4 heteroatoms. The van der Waals surface area contributed by atoms with E-state index in [0.717, 1.165) is 42.8 Å². The van der Waals surface area contributed by atoms with Gasteiger partial charge in [0.05, 0.1) is 0 Å². The van der Waals surface area contributed by atoms with Crippen LogP contribution >= 0.6 is 0 Å². The second-order valence-electron chi connectivity index (χ2n) is 5.27. The zero-order chi connectivity index (χ0) is 12.6. The molecule has 0 aromatic carbocycles. The highest BCUT2D eigenvalue weighted by Crippen LogP contribution is 2.43. The summed E-state index contributed by atoms with van der Waals surface area (Å²) >= 11 is 0. The molecule has 1 aliphatic rings. The maximum absolute atomic E-state index is 6.01. The number of pyridine rings is 1. The molecule has 0 radical (unpaired) electrons. The van der Waals surface area contributed by atoms with Gasteiger partial charge in [-0.3, -0.25) is 0 Å². The van der Waals surface area contributed by atoms with Crippen LogP contribution in [0.4, 0.5) is 0 Å². The molecule has 2 heterocycles. The molecule has 2 N–H and O–H groups in total. The average molecular weight is 244 g/mol. The molecule has 0 aliphatic heterocycles. The third kappa shape index (κ3) is 1.56. The zero-order valence-corrected chi connectivity index (χ0v) is 10.9. The molecule has 2 aromatic rings. The van der Waals surface area contributed by atoms with Gasteiger partial charge in [0.15, 0.2) is 5.65 Å². The largest absolute Gasteiger partial charge is 0.329 e. The predicted molar refractivity (Wildman–Crippen MR) is 72.4 cm³/mol. The molecule has 1 aliphatic carbocycles. The lowest BCUT2D eigenvalue weighted by Crippen LogP contribution is -2.43. The fraction of sp³-hybridized carbons (Fsp3) is 0.571. The number of fused-ring (bicyclic) bond motifs is 1. The fourth-order valence-corrected chi connectivity index (χ4v) is 2.92. The Morgan fingerprint density at radius 2 is 2.28 bits per heavy atom. The first-order valence-electron chi connectivity index (χ1n) is 6.82. The topological polar surface area (TPSA) is 56.7 Å². The Bertz CT molecular complexity index is 548. The molecule has 2 aromatic heterocycles. The molecule has 0 atom stereocenters. The van der Waals surface area contributed by atoms with Gasteiger partial charge in [0.25, 0.3) is 0 Å². The van der Waals surface area contributed by atoms with Gasteiger partial charge in [-0.25, -0.2) is 9.97 Å². The summed E-state index contributed by atoms with van der Waals surface area (Å²) in [6, 6.07) is 3.99. The quantitative estimate of drug-likeness (QED) is 0.897. The van der Waals surface area contributed by atoms with E-state index < -0.39 is 0 Å². The van der Waals surface area contributed by atoms with E-state index in [0.29, 0.717) is 6.54 Å². The minimum Gasteiger partial charge on any atom is -0.329 e. The number of aryl methyl sites for hydroxylation is 1. The molecule has 0 amide bonds. The Balaban J connectivity index is 2.18. The van der Waals surface area contributed by atoms with Crippen molar-refractivity contribution < 1.29 is 0 Å². The van der Waals surface area contributed by atoms with Crippen LogP contribution in [0.1, 0.15) is 38.4 Å².